The first kappa shape index (κ1) is 13.3. The molecule has 0 bridgehead atoms. The highest BCUT2D eigenvalue weighted by atomic mass is 16.5. The fourth-order valence-electron chi connectivity index (χ4n) is 2.83. The van der Waals surface area contributed by atoms with E-state index in [1.807, 2.05) is 0 Å². The molecule has 0 aromatic carbocycles. The summed E-state index contributed by atoms with van der Waals surface area (Å²) in [4.78, 5) is 4.43. The minimum atomic E-state index is 0.538. The van der Waals surface area contributed by atoms with Crippen molar-refractivity contribution < 1.29 is 9.26 Å². The highest BCUT2D eigenvalue weighted by molar-refractivity contribution is 5.56. The molecule has 0 radical (unpaired) electrons. The third kappa shape index (κ3) is 2.75. The Balaban J connectivity index is 1.79. The Hall–Kier alpha value is -1.69. The predicted molar refractivity (Wildman–Crippen MR) is 73.3 cm³/mol. The lowest BCUT2D eigenvalue weighted by Gasteiger charge is -2.20. The minimum absolute atomic E-state index is 0.538. The van der Waals surface area contributed by atoms with E-state index in [-0.39, 0.29) is 0 Å². The van der Waals surface area contributed by atoms with Crippen molar-refractivity contribution in [1.82, 2.24) is 20.3 Å². The summed E-state index contributed by atoms with van der Waals surface area (Å²) < 4.78 is 10.4. The molecule has 0 saturated heterocycles. The van der Waals surface area contributed by atoms with Gasteiger partial charge < -0.3 is 9.26 Å². The first-order valence-corrected chi connectivity index (χ1v) is 7.23. The molecule has 6 heteroatoms. The fraction of sp³-hybridized carbons (Fsp3) is 0.643. The molecule has 2 aromatic heterocycles. The standard InChI is InChI=1S/C14H20N4O2/c1-19-8-7-12-16-14(20-18-12)11-9-15-17-13(11)10-5-3-2-4-6-10/h9-10H,2-8H2,1H3,(H,15,17). The van der Waals surface area contributed by atoms with E-state index in [2.05, 4.69) is 20.3 Å². The van der Waals surface area contributed by atoms with Crippen molar-refractivity contribution in [3.8, 4) is 11.5 Å². The Morgan fingerprint density at radius 3 is 3.00 bits per heavy atom. The number of H-pyrrole nitrogens is 1. The van der Waals surface area contributed by atoms with E-state index in [9.17, 15) is 0 Å². The maximum absolute atomic E-state index is 5.36. The van der Waals surface area contributed by atoms with E-state index >= 15 is 0 Å². The first-order valence-electron chi connectivity index (χ1n) is 7.23. The van der Waals surface area contributed by atoms with Gasteiger partial charge >= 0.3 is 0 Å². The number of rotatable bonds is 5. The van der Waals surface area contributed by atoms with Crippen molar-refractivity contribution in [1.29, 1.82) is 0 Å². The molecule has 1 N–H and O–H groups in total. The number of hydrogen-bond donors (Lipinski definition) is 1. The van der Waals surface area contributed by atoms with Gasteiger partial charge in [0.2, 0.25) is 0 Å². The molecular weight excluding hydrogens is 256 g/mol. The highest BCUT2D eigenvalue weighted by Gasteiger charge is 2.23. The molecule has 0 aliphatic heterocycles. The number of nitrogens with one attached hydrogen (secondary N) is 1. The topological polar surface area (TPSA) is 76.8 Å². The van der Waals surface area contributed by atoms with Crippen LogP contribution in [0.4, 0.5) is 0 Å². The first-order chi connectivity index (χ1) is 9.88. The van der Waals surface area contributed by atoms with Gasteiger partial charge in [-0.25, -0.2) is 0 Å². The van der Waals surface area contributed by atoms with Crippen LogP contribution in [0.5, 0.6) is 0 Å². The van der Waals surface area contributed by atoms with Gasteiger partial charge in [0.1, 0.15) is 0 Å². The van der Waals surface area contributed by atoms with Crippen molar-refractivity contribution in [2.75, 3.05) is 13.7 Å². The molecule has 108 valence electrons. The smallest absolute Gasteiger partial charge is 0.261 e. The van der Waals surface area contributed by atoms with Crippen molar-refractivity contribution >= 4 is 0 Å². The van der Waals surface area contributed by atoms with Crippen molar-refractivity contribution in [3.63, 3.8) is 0 Å². The van der Waals surface area contributed by atoms with Gasteiger partial charge in [0.25, 0.3) is 5.89 Å². The van der Waals surface area contributed by atoms with Gasteiger partial charge in [0, 0.05) is 19.4 Å². The average molecular weight is 276 g/mol. The van der Waals surface area contributed by atoms with Crippen LogP contribution < -0.4 is 0 Å². The van der Waals surface area contributed by atoms with Gasteiger partial charge in [-0.1, -0.05) is 24.4 Å². The predicted octanol–water partition coefficient (Wildman–Crippen LogP) is 2.70. The molecule has 0 spiro atoms. The van der Waals surface area contributed by atoms with Crippen LogP contribution in [0.3, 0.4) is 0 Å². The monoisotopic (exact) mass is 276 g/mol. The summed E-state index contributed by atoms with van der Waals surface area (Å²) in [7, 11) is 1.66. The Labute approximate surface area is 117 Å². The van der Waals surface area contributed by atoms with Crippen molar-refractivity contribution in [3.05, 3.63) is 17.7 Å². The van der Waals surface area contributed by atoms with Crippen LogP contribution in [0.25, 0.3) is 11.5 Å². The lowest BCUT2D eigenvalue weighted by atomic mass is 9.85. The van der Waals surface area contributed by atoms with Gasteiger partial charge in [-0.15, -0.1) is 0 Å². The summed E-state index contributed by atoms with van der Waals surface area (Å²) in [6.45, 7) is 0.597. The van der Waals surface area contributed by atoms with Crippen LogP contribution in [0.1, 0.15) is 49.5 Å². The normalized spacial score (nSPS) is 16.6. The molecule has 0 unspecified atom stereocenters. The Bertz CT molecular complexity index is 543. The third-order valence-electron chi connectivity index (χ3n) is 3.91. The second kappa shape index (κ2) is 6.17. The summed E-state index contributed by atoms with van der Waals surface area (Å²) in [6, 6.07) is 0. The summed E-state index contributed by atoms with van der Waals surface area (Å²) in [6.07, 6.45) is 8.77. The van der Waals surface area contributed by atoms with Crippen LogP contribution >= 0.6 is 0 Å². The summed E-state index contributed by atoms with van der Waals surface area (Å²) >= 11 is 0. The third-order valence-corrected chi connectivity index (χ3v) is 3.91. The Kier molecular flexibility index (Phi) is 4.11. The zero-order chi connectivity index (χ0) is 13.8. The van der Waals surface area contributed by atoms with Crippen LogP contribution in [0.2, 0.25) is 0 Å². The van der Waals surface area contributed by atoms with E-state index < -0.39 is 0 Å². The van der Waals surface area contributed by atoms with Gasteiger partial charge in [-0.2, -0.15) is 10.1 Å². The summed E-state index contributed by atoms with van der Waals surface area (Å²) in [5, 5.41) is 11.3. The van der Waals surface area contributed by atoms with E-state index in [0.29, 0.717) is 30.7 Å². The number of hydrogen-bond acceptors (Lipinski definition) is 5. The zero-order valence-corrected chi connectivity index (χ0v) is 11.8. The van der Waals surface area contributed by atoms with E-state index in [4.69, 9.17) is 9.26 Å². The van der Waals surface area contributed by atoms with Gasteiger partial charge in [-0.3, -0.25) is 5.10 Å². The molecule has 3 rings (SSSR count). The SMILES string of the molecule is COCCc1noc(-c2cn[nH]c2C2CCCCC2)n1. The molecule has 1 saturated carbocycles. The molecule has 6 nitrogen and oxygen atoms in total. The maximum Gasteiger partial charge on any atom is 0.261 e. The van der Waals surface area contributed by atoms with Crippen LogP contribution in [0, 0.1) is 0 Å². The van der Waals surface area contributed by atoms with E-state index in [1.54, 1.807) is 13.3 Å². The van der Waals surface area contributed by atoms with Gasteiger partial charge in [0.05, 0.1) is 24.1 Å². The molecule has 0 amide bonds. The number of nitrogens with zero attached hydrogens (tertiary/aromatic N) is 3. The lowest BCUT2D eigenvalue weighted by Crippen LogP contribution is -2.06. The second-order valence-corrected chi connectivity index (χ2v) is 5.29. The molecule has 1 fully saturated rings. The van der Waals surface area contributed by atoms with Gasteiger partial charge in [0.15, 0.2) is 5.82 Å². The molecule has 1 aliphatic rings. The average Bonchev–Trinajstić information content (AvgIpc) is 3.14. The molecule has 20 heavy (non-hydrogen) atoms. The molecule has 2 aromatic rings. The van der Waals surface area contributed by atoms with Crippen LogP contribution in [-0.2, 0) is 11.2 Å². The van der Waals surface area contributed by atoms with Crippen molar-refractivity contribution in [2.45, 2.75) is 44.4 Å². The van der Waals surface area contributed by atoms with E-state index in [0.717, 1.165) is 11.3 Å². The van der Waals surface area contributed by atoms with Gasteiger partial charge in [-0.05, 0) is 12.8 Å². The second-order valence-electron chi connectivity index (χ2n) is 5.29. The summed E-state index contributed by atoms with van der Waals surface area (Å²) in [5.74, 6) is 1.78. The molecule has 0 atom stereocenters. The van der Waals surface area contributed by atoms with Crippen LogP contribution in [0.15, 0.2) is 10.7 Å². The Morgan fingerprint density at radius 1 is 1.35 bits per heavy atom. The highest BCUT2D eigenvalue weighted by Crippen LogP contribution is 2.36. The van der Waals surface area contributed by atoms with Crippen molar-refractivity contribution in [2.24, 2.45) is 0 Å². The number of aromatic amines is 1. The number of aromatic nitrogens is 4. The molecule has 2 heterocycles. The molecular formula is C14H20N4O2. The maximum atomic E-state index is 5.36. The van der Waals surface area contributed by atoms with Crippen LogP contribution in [-0.4, -0.2) is 34.1 Å². The summed E-state index contributed by atoms with van der Waals surface area (Å²) in [5.41, 5.74) is 2.10. The Morgan fingerprint density at radius 2 is 2.20 bits per heavy atom. The minimum Gasteiger partial charge on any atom is -0.384 e. The van der Waals surface area contributed by atoms with E-state index in [1.165, 1.54) is 32.1 Å². The molecule has 1 aliphatic carbocycles. The quantitative estimate of drug-likeness (QED) is 0.908. The largest absolute Gasteiger partial charge is 0.384 e. The zero-order valence-electron chi connectivity index (χ0n) is 11.8. The number of methoxy groups -OCH3 is 1. The lowest BCUT2D eigenvalue weighted by molar-refractivity contribution is 0.199. The fourth-order valence-corrected chi connectivity index (χ4v) is 2.83. The number of ether oxygens (including phenoxy) is 1.